The lowest BCUT2D eigenvalue weighted by Gasteiger charge is -2.45. The van der Waals surface area contributed by atoms with Crippen molar-refractivity contribution in [1.29, 1.82) is 0 Å². The van der Waals surface area contributed by atoms with Crippen molar-refractivity contribution < 1.29 is 14.9 Å². The molecule has 6 nitrogen and oxygen atoms in total. The second-order valence-corrected chi connectivity index (χ2v) is 9.98. The number of rotatable bonds is 8. The fourth-order valence-corrected chi connectivity index (χ4v) is 5.03. The van der Waals surface area contributed by atoms with Crippen molar-refractivity contribution in [3.05, 3.63) is 87.7 Å². The number of benzene rings is 2. The topological polar surface area (TPSA) is 69.1 Å². The van der Waals surface area contributed by atoms with E-state index < -0.39 is 5.60 Å². The van der Waals surface area contributed by atoms with Crippen LogP contribution in [0.5, 0.6) is 5.75 Å². The quantitative estimate of drug-likeness (QED) is 0.447. The third-order valence-corrected chi connectivity index (χ3v) is 6.91. The normalized spacial score (nSPS) is 18.3. The van der Waals surface area contributed by atoms with E-state index >= 15 is 0 Å². The molecule has 0 aliphatic carbocycles. The van der Waals surface area contributed by atoms with Crippen LogP contribution < -0.4 is 9.64 Å². The highest BCUT2D eigenvalue weighted by Gasteiger charge is 2.34. The standard InChI is InChI=1S/C27H31Cl2N3O3/c1-19-15-21(9-10-30-19)27(2,34)18-31-11-12-32(26(17-31)20-3-5-22(28)6-4-20)25-8-7-23(16-24(25)29)35-14-13-33/h3-10,15-16,26,33-34H,11-14,17-18H2,1-2H3/t26-,27+/m0/s1. The number of piperazine rings is 1. The molecule has 2 atom stereocenters. The third-order valence-electron chi connectivity index (χ3n) is 6.36. The van der Waals surface area contributed by atoms with Crippen molar-refractivity contribution in [2.24, 2.45) is 0 Å². The van der Waals surface area contributed by atoms with Crippen molar-refractivity contribution in [2.75, 3.05) is 44.3 Å². The molecule has 0 saturated carbocycles. The zero-order valence-electron chi connectivity index (χ0n) is 20.0. The summed E-state index contributed by atoms with van der Waals surface area (Å²) in [5, 5.41) is 21.6. The molecule has 2 aromatic carbocycles. The molecule has 0 radical (unpaired) electrons. The molecule has 1 aliphatic rings. The molecule has 0 bridgehead atoms. The van der Waals surface area contributed by atoms with E-state index in [1.54, 1.807) is 12.3 Å². The minimum absolute atomic E-state index is 0.0118. The molecule has 35 heavy (non-hydrogen) atoms. The average molecular weight is 516 g/mol. The number of aryl methyl sites for hydroxylation is 1. The van der Waals surface area contributed by atoms with Crippen LogP contribution in [0.2, 0.25) is 10.0 Å². The van der Waals surface area contributed by atoms with E-state index in [4.69, 9.17) is 33.0 Å². The fraction of sp³-hybridized carbons (Fsp3) is 0.370. The maximum absolute atomic E-state index is 11.3. The molecule has 2 heterocycles. The predicted octanol–water partition coefficient (Wildman–Crippen LogP) is 4.84. The molecule has 3 aromatic rings. The molecule has 1 fully saturated rings. The van der Waals surface area contributed by atoms with Crippen LogP contribution in [-0.4, -0.2) is 59.5 Å². The smallest absolute Gasteiger partial charge is 0.121 e. The lowest BCUT2D eigenvalue weighted by molar-refractivity contribution is 0.0102. The van der Waals surface area contributed by atoms with Crippen LogP contribution in [0.15, 0.2) is 60.8 Å². The van der Waals surface area contributed by atoms with Gasteiger partial charge in [0.15, 0.2) is 0 Å². The first-order valence-electron chi connectivity index (χ1n) is 11.7. The molecule has 0 unspecified atom stereocenters. The van der Waals surface area contributed by atoms with Crippen molar-refractivity contribution in [3.8, 4) is 5.75 Å². The number of hydrogen-bond donors (Lipinski definition) is 2. The van der Waals surface area contributed by atoms with Crippen molar-refractivity contribution in [2.45, 2.75) is 25.5 Å². The van der Waals surface area contributed by atoms with Gasteiger partial charge in [-0.15, -0.1) is 0 Å². The van der Waals surface area contributed by atoms with E-state index in [0.29, 0.717) is 28.9 Å². The molecule has 0 spiro atoms. The summed E-state index contributed by atoms with van der Waals surface area (Å²) in [4.78, 5) is 8.84. The van der Waals surface area contributed by atoms with Gasteiger partial charge >= 0.3 is 0 Å². The van der Waals surface area contributed by atoms with Gasteiger partial charge in [-0.3, -0.25) is 9.88 Å². The van der Waals surface area contributed by atoms with Crippen LogP contribution in [0.25, 0.3) is 0 Å². The Morgan fingerprint density at radius 2 is 1.86 bits per heavy atom. The van der Waals surface area contributed by atoms with Crippen molar-refractivity contribution >= 4 is 28.9 Å². The van der Waals surface area contributed by atoms with E-state index in [0.717, 1.165) is 35.6 Å². The Hall–Kier alpha value is -2.35. The molecule has 1 aliphatic heterocycles. The van der Waals surface area contributed by atoms with Gasteiger partial charge in [0.2, 0.25) is 0 Å². The first-order valence-corrected chi connectivity index (χ1v) is 12.5. The largest absolute Gasteiger partial charge is 0.491 e. The van der Waals surface area contributed by atoms with Crippen molar-refractivity contribution in [3.63, 3.8) is 0 Å². The van der Waals surface area contributed by atoms with Crippen LogP contribution in [0.4, 0.5) is 5.69 Å². The number of halogens is 2. The fourth-order valence-electron chi connectivity index (χ4n) is 4.62. The maximum Gasteiger partial charge on any atom is 0.121 e. The lowest BCUT2D eigenvalue weighted by atomic mass is 9.94. The number of nitrogens with zero attached hydrogens (tertiary/aromatic N) is 3. The molecule has 0 amide bonds. The lowest BCUT2D eigenvalue weighted by Crippen LogP contribution is -2.52. The van der Waals surface area contributed by atoms with Gasteiger partial charge in [0.1, 0.15) is 12.4 Å². The summed E-state index contributed by atoms with van der Waals surface area (Å²) in [6, 6.07) is 17.3. The van der Waals surface area contributed by atoms with Gasteiger partial charge in [0, 0.05) is 49.2 Å². The number of β-amino-alcohol motifs (C(OH)–C–C–N with tert-alkyl or cyclic N) is 1. The number of anilines is 1. The summed E-state index contributed by atoms with van der Waals surface area (Å²) in [7, 11) is 0. The maximum atomic E-state index is 11.3. The highest BCUT2D eigenvalue weighted by molar-refractivity contribution is 6.33. The van der Waals surface area contributed by atoms with E-state index in [-0.39, 0.29) is 19.3 Å². The van der Waals surface area contributed by atoms with Crippen LogP contribution in [0, 0.1) is 6.92 Å². The van der Waals surface area contributed by atoms with Crippen LogP contribution in [0.3, 0.4) is 0 Å². The minimum atomic E-state index is -1.01. The van der Waals surface area contributed by atoms with Gasteiger partial charge in [-0.25, -0.2) is 0 Å². The van der Waals surface area contributed by atoms with E-state index in [1.807, 2.05) is 62.4 Å². The van der Waals surface area contributed by atoms with Gasteiger partial charge in [0.05, 0.1) is 29.0 Å². The Morgan fingerprint density at radius 3 is 2.54 bits per heavy atom. The molecule has 8 heteroatoms. The molecular formula is C27H31Cl2N3O3. The number of aliphatic hydroxyl groups excluding tert-OH is 1. The Morgan fingerprint density at radius 1 is 1.09 bits per heavy atom. The molecule has 1 saturated heterocycles. The summed E-state index contributed by atoms with van der Waals surface area (Å²) in [5.41, 5.74) is 2.77. The average Bonchev–Trinajstić information content (AvgIpc) is 2.83. The Kier molecular flexibility index (Phi) is 8.19. The summed E-state index contributed by atoms with van der Waals surface area (Å²) in [6.07, 6.45) is 1.74. The van der Waals surface area contributed by atoms with Crippen LogP contribution in [0.1, 0.15) is 29.8 Å². The van der Waals surface area contributed by atoms with Gasteiger partial charge in [-0.05, 0) is 61.4 Å². The number of ether oxygens (including phenoxy) is 1. The first kappa shape index (κ1) is 25.7. The zero-order valence-corrected chi connectivity index (χ0v) is 21.5. The monoisotopic (exact) mass is 515 g/mol. The number of aromatic nitrogens is 1. The third kappa shape index (κ3) is 6.26. The van der Waals surface area contributed by atoms with E-state index in [9.17, 15) is 5.11 Å². The highest BCUT2D eigenvalue weighted by atomic mass is 35.5. The SMILES string of the molecule is Cc1cc([C@](C)(O)CN2CCN(c3ccc(OCCO)cc3Cl)[C@H](c3ccc(Cl)cc3)C2)ccn1. The summed E-state index contributed by atoms with van der Waals surface area (Å²) < 4.78 is 5.52. The summed E-state index contributed by atoms with van der Waals surface area (Å²) in [5.74, 6) is 0.623. The second-order valence-electron chi connectivity index (χ2n) is 9.14. The molecule has 1 aromatic heterocycles. The van der Waals surface area contributed by atoms with Crippen LogP contribution >= 0.6 is 23.2 Å². The van der Waals surface area contributed by atoms with Gasteiger partial charge in [-0.2, -0.15) is 0 Å². The first-order chi connectivity index (χ1) is 16.8. The van der Waals surface area contributed by atoms with E-state index in [2.05, 4.69) is 14.8 Å². The summed E-state index contributed by atoms with van der Waals surface area (Å²) >= 11 is 12.9. The second kappa shape index (κ2) is 11.1. The molecule has 4 rings (SSSR count). The molecule has 186 valence electrons. The number of hydrogen-bond acceptors (Lipinski definition) is 6. The predicted molar refractivity (Wildman–Crippen MR) is 141 cm³/mol. The minimum Gasteiger partial charge on any atom is -0.491 e. The van der Waals surface area contributed by atoms with Gasteiger partial charge in [-0.1, -0.05) is 35.3 Å². The van der Waals surface area contributed by atoms with Crippen molar-refractivity contribution in [1.82, 2.24) is 9.88 Å². The zero-order chi connectivity index (χ0) is 25.0. The van der Waals surface area contributed by atoms with Gasteiger partial charge < -0.3 is 19.8 Å². The Labute approximate surface area is 216 Å². The Bertz CT molecular complexity index is 1140. The number of aliphatic hydroxyl groups is 2. The highest BCUT2D eigenvalue weighted by Crippen LogP contribution is 2.38. The van der Waals surface area contributed by atoms with Crippen LogP contribution in [-0.2, 0) is 5.60 Å². The number of pyridine rings is 1. The van der Waals surface area contributed by atoms with Gasteiger partial charge in [0.25, 0.3) is 0 Å². The van der Waals surface area contributed by atoms with E-state index in [1.165, 1.54) is 0 Å². The molecule has 2 N–H and O–H groups in total. The molecular weight excluding hydrogens is 485 g/mol. The Balaban J connectivity index is 1.59. The summed E-state index contributed by atoms with van der Waals surface area (Å²) in [6.45, 7) is 6.66.